The number of ketones is 1. The highest BCUT2D eigenvalue weighted by Gasteiger charge is 2.43. The lowest BCUT2D eigenvalue weighted by molar-refractivity contribution is 0.0786. The fourth-order valence-electron chi connectivity index (χ4n) is 3.41. The molecule has 0 aliphatic heterocycles. The van der Waals surface area contributed by atoms with Gasteiger partial charge in [0.15, 0.2) is 5.78 Å². The summed E-state index contributed by atoms with van der Waals surface area (Å²) in [5.41, 5.74) is 3.35. The van der Waals surface area contributed by atoms with Crippen LogP contribution in [-0.2, 0) is 6.42 Å². The van der Waals surface area contributed by atoms with E-state index in [1.807, 2.05) is 18.2 Å². The highest BCUT2D eigenvalue weighted by molar-refractivity contribution is 6.04. The van der Waals surface area contributed by atoms with E-state index in [2.05, 4.69) is 19.1 Å². The molecule has 88 valence electrons. The van der Waals surface area contributed by atoms with Crippen LogP contribution < -0.4 is 0 Å². The first-order chi connectivity index (χ1) is 8.24. The second kappa shape index (κ2) is 3.83. The first kappa shape index (κ1) is 10.8. The van der Waals surface area contributed by atoms with Gasteiger partial charge in [-0.15, -0.1) is 0 Å². The molecule has 0 amide bonds. The van der Waals surface area contributed by atoms with Crippen molar-refractivity contribution in [2.75, 3.05) is 0 Å². The van der Waals surface area contributed by atoms with Gasteiger partial charge in [0.25, 0.3) is 0 Å². The van der Waals surface area contributed by atoms with E-state index in [9.17, 15) is 4.79 Å². The van der Waals surface area contributed by atoms with Gasteiger partial charge in [0, 0.05) is 5.56 Å². The number of aryl methyl sites for hydroxylation is 1. The molecule has 0 fully saturated rings. The van der Waals surface area contributed by atoms with Gasteiger partial charge in [0.2, 0.25) is 0 Å². The molecule has 0 saturated carbocycles. The maximum absolute atomic E-state index is 12.8. The van der Waals surface area contributed by atoms with Crippen molar-refractivity contribution in [3.8, 4) is 0 Å². The number of hydrogen-bond acceptors (Lipinski definition) is 1. The van der Waals surface area contributed by atoms with Crippen LogP contribution in [0.3, 0.4) is 0 Å². The molecule has 17 heavy (non-hydrogen) atoms. The summed E-state index contributed by atoms with van der Waals surface area (Å²) in [7, 11) is 0. The summed E-state index contributed by atoms with van der Waals surface area (Å²) in [5, 5.41) is 0. The number of allylic oxidation sites excluding steroid dienone is 2. The van der Waals surface area contributed by atoms with Crippen molar-refractivity contribution >= 4 is 5.78 Å². The quantitative estimate of drug-likeness (QED) is 0.612. The van der Waals surface area contributed by atoms with Crippen LogP contribution in [0.15, 0.2) is 35.9 Å². The molecular weight excluding hydrogens is 208 g/mol. The van der Waals surface area contributed by atoms with Crippen LogP contribution in [0.5, 0.6) is 0 Å². The topological polar surface area (TPSA) is 17.1 Å². The predicted octanol–water partition coefficient (Wildman–Crippen LogP) is 3.93. The Morgan fingerprint density at radius 2 is 2.00 bits per heavy atom. The minimum Gasteiger partial charge on any atom is -0.293 e. The van der Waals surface area contributed by atoms with Gasteiger partial charge in [-0.2, -0.15) is 0 Å². The van der Waals surface area contributed by atoms with E-state index < -0.39 is 0 Å². The average molecular weight is 226 g/mol. The van der Waals surface area contributed by atoms with E-state index in [0.29, 0.717) is 5.78 Å². The summed E-state index contributed by atoms with van der Waals surface area (Å²) >= 11 is 0. The molecule has 1 aromatic rings. The molecule has 3 rings (SSSR count). The average Bonchev–Trinajstić information content (AvgIpc) is 2.37. The number of carbonyl (C=O) groups excluding carboxylic acids is 1. The Kier molecular flexibility index (Phi) is 2.43. The van der Waals surface area contributed by atoms with Crippen molar-refractivity contribution in [2.24, 2.45) is 5.41 Å². The van der Waals surface area contributed by atoms with Gasteiger partial charge in [-0.05, 0) is 44.6 Å². The summed E-state index contributed by atoms with van der Waals surface area (Å²) in [6.45, 7) is 2.14. The second-order valence-corrected chi connectivity index (χ2v) is 5.35. The number of hydrogen-bond donors (Lipinski definition) is 0. The minimum absolute atomic E-state index is 0.160. The molecule has 1 nitrogen and oxygen atoms in total. The van der Waals surface area contributed by atoms with E-state index in [4.69, 9.17) is 0 Å². The molecule has 1 spiro atoms. The molecule has 2 aliphatic carbocycles. The summed E-state index contributed by atoms with van der Waals surface area (Å²) in [5.74, 6) is 0.368. The first-order valence-electron chi connectivity index (χ1n) is 6.54. The Hall–Kier alpha value is -1.37. The van der Waals surface area contributed by atoms with E-state index in [1.54, 1.807) is 0 Å². The molecule has 1 atom stereocenters. The predicted molar refractivity (Wildman–Crippen MR) is 69.1 cm³/mol. The third-order valence-corrected chi connectivity index (χ3v) is 4.53. The molecule has 0 unspecified atom stereocenters. The molecular formula is C16H18O. The van der Waals surface area contributed by atoms with Gasteiger partial charge in [-0.25, -0.2) is 0 Å². The van der Waals surface area contributed by atoms with Crippen LogP contribution in [0.2, 0.25) is 0 Å². The Morgan fingerprint density at radius 3 is 2.82 bits per heavy atom. The number of carbonyl (C=O) groups is 1. The third-order valence-electron chi connectivity index (χ3n) is 4.53. The van der Waals surface area contributed by atoms with Gasteiger partial charge in [-0.3, -0.25) is 4.79 Å². The molecule has 0 N–H and O–H groups in total. The summed E-state index contributed by atoms with van der Waals surface area (Å²) < 4.78 is 0. The van der Waals surface area contributed by atoms with Crippen molar-refractivity contribution < 1.29 is 4.79 Å². The first-order valence-corrected chi connectivity index (χ1v) is 6.54. The van der Waals surface area contributed by atoms with Gasteiger partial charge >= 0.3 is 0 Å². The lowest BCUT2D eigenvalue weighted by Crippen LogP contribution is -2.38. The lowest BCUT2D eigenvalue weighted by Gasteiger charge is -2.40. The summed E-state index contributed by atoms with van der Waals surface area (Å²) in [6, 6.07) is 8.12. The van der Waals surface area contributed by atoms with Crippen LogP contribution in [-0.4, -0.2) is 5.78 Å². The monoisotopic (exact) mass is 226 g/mol. The number of benzene rings is 1. The van der Waals surface area contributed by atoms with Gasteiger partial charge in [-0.1, -0.05) is 35.9 Å². The van der Waals surface area contributed by atoms with Crippen LogP contribution in [0, 0.1) is 5.41 Å². The second-order valence-electron chi connectivity index (χ2n) is 5.35. The summed E-state index contributed by atoms with van der Waals surface area (Å²) in [6.07, 6.45) is 7.67. The highest BCUT2D eigenvalue weighted by atomic mass is 16.1. The van der Waals surface area contributed by atoms with E-state index in [0.717, 1.165) is 37.7 Å². The largest absolute Gasteiger partial charge is 0.293 e. The van der Waals surface area contributed by atoms with E-state index in [1.165, 1.54) is 11.1 Å². The highest BCUT2D eigenvalue weighted by Crippen LogP contribution is 2.47. The normalized spacial score (nSPS) is 27.8. The van der Waals surface area contributed by atoms with Crippen molar-refractivity contribution in [1.82, 2.24) is 0 Å². The van der Waals surface area contributed by atoms with E-state index in [-0.39, 0.29) is 5.41 Å². The standard InChI is InChI=1S/C16H18O/c1-12-6-4-5-10-16(12)11-9-13-7-2-3-8-14(13)15(16)17/h2-3,6-8H,4-5,9-11H2,1H3/t16-/m1/s1. The van der Waals surface area contributed by atoms with Crippen molar-refractivity contribution in [1.29, 1.82) is 0 Å². The van der Waals surface area contributed by atoms with Gasteiger partial charge in [0.05, 0.1) is 5.41 Å². The molecule has 0 heterocycles. The van der Waals surface area contributed by atoms with Crippen molar-refractivity contribution in [3.05, 3.63) is 47.0 Å². The van der Waals surface area contributed by atoms with Crippen molar-refractivity contribution in [2.45, 2.75) is 39.0 Å². The Morgan fingerprint density at radius 1 is 1.18 bits per heavy atom. The molecule has 0 aromatic heterocycles. The third kappa shape index (κ3) is 1.49. The van der Waals surface area contributed by atoms with E-state index >= 15 is 0 Å². The van der Waals surface area contributed by atoms with Crippen LogP contribution in [0.4, 0.5) is 0 Å². The smallest absolute Gasteiger partial charge is 0.173 e. The van der Waals surface area contributed by atoms with Crippen LogP contribution in [0.25, 0.3) is 0 Å². The molecule has 2 aliphatic rings. The molecule has 0 radical (unpaired) electrons. The van der Waals surface area contributed by atoms with Crippen LogP contribution in [0.1, 0.15) is 48.5 Å². The summed E-state index contributed by atoms with van der Waals surface area (Å²) in [4.78, 5) is 12.8. The molecule has 0 bridgehead atoms. The molecule has 1 aromatic carbocycles. The number of fused-ring (bicyclic) bond motifs is 1. The zero-order valence-corrected chi connectivity index (χ0v) is 10.3. The fraction of sp³-hybridized carbons (Fsp3) is 0.438. The van der Waals surface area contributed by atoms with Crippen molar-refractivity contribution in [3.63, 3.8) is 0 Å². The molecule has 0 saturated heterocycles. The van der Waals surface area contributed by atoms with Gasteiger partial charge in [0.1, 0.15) is 0 Å². The Labute approximate surface area is 103 Å². The minimum atomic E-state index is -0.160. The maximum Gasteiger partial charge on any atom is 0.173 e. The van der Waals surface area contributed by atoms with Gasteiger partial charge < -0.3 is 0 Å². The Bertz CT molecular complexity index is 498. The van der Waals surface area contributed by atoms with Crippen LogP contribution >= 0.6 is 0 Å². The zero-order chi connectivity index (χ0) is 11.9. The lowest BCUT2D eigenvalue weighted by atomic mass is 9.62. The Balaban J connectivity index is 2.10. The molecule has 1 heteroatoms. The number of Topliss-reactive ketones (excluding diaryl/α,β-unsaturated/α-hetero) is 1. The fourth-order valence-corrected chi connectivity index (χ4v) is 3.41. The SMILES string of the molecule is CC1=CCCC[C@@]12CCc1ccccc1C2=O. The maximum atomic E-state index is 12.8. The zero-order valence-electron chi connectivity index (χ0n) is 10.3. The number of rotatable bonds is 0.